The number of halogens is 1. The molecule has 3 N–H and O–H groups in total. The van der Waals surface area contributed by atoms with Crippen LogP contribution in [0.2, 0.25) is 0 Å². The van der Waals surface area contributed by atoms with E-state index in [1.54, 1.807) is 7.11 Å². The van der Waals surface area contributed by atoms with Gasteiger partial charge in [-0.15, -0.1) is 24.0 Å². The number of hydrogen-bond acceptors (Lipinski definition) is 4. The maximum Gasteiger partial charge on any atom is 0.193 e. The number of benzene rings is 1. The van der Waals surface area contributed by atoms with Gasteiger partial charge in [0.25, 0.3) is 0 Å². The van der Waals surface area contributed by atoms with Crippen molar-refractivity contribution in [2.45, 2.75) is 32.1 Å². The molecule has 1 heterocycles. The number of guanidine groups is 1. The zero-order chi connectivity index (χ0) is 18.2. The van der Waals surface area contributed by atoms with Gasteiger partial charge in [0, 0.05) is 37.3 Å². The van der Waals surface area contributed by atoms with Gasteiger partial charge in [0.2, 0.25) is 0 Å². The van der Waals surface area contributed by atoms with Crippen LogP contribution in [0.1, 0.15) is 32.1 Å². The summed E-state index contributed by atoms with van der Waals surface area (Å²) >= 11 is 0. The number of methoxy groups -OCH3 is 1. The van der Waals surface area contributed by atoms with Crippen molar-refractivity contribution in [3.05, 3.63) is 24.3 Å². The van der Waals surface area contributed by atoms with Crippen LogP contribution in [0.5, 0.6) is 5.75 Å². The highest BCUT2D eigenvalue weighted by Gasteiger charge is 2.34. The Morgan fingerprint density at radius 2 is 1.85 bits per heavy atom. The number of aliphatic imine (C=N–C) groups is 1. The highest BCUT2D eigenvalue weighted by molar-refractivity contribution is 14.0. The van der Waals surface area contributed by atoms with Crippen molar-refractivity contribution in [2.24, 2.45) is 16.1 Å². The van der Waals surface area contributed by atoms with Crippen molar-refractivity contribution in [1.29, 1.82) is 0 Å². The molecule has 27 heavy (non-hydrogen) atoms. The number of nitrogens with two attached hydrogens (primary N) is 1. The Balaban J connectivity index is 0.00000261. The molecule has 0 atom stereocenters. The molecule has 0 bridgehead atoms. The van der Waals surface area contributed by atoms with E-state index < -0.39 is 0 Å². The highest BCUT2D eigenvalue weighted by atomic mass is 127. The fourth-order valence-corrected chi connectivity index (χ4v) is 4.02. The lowest BCUT2D eigenvalue weighted by molar-refractivity contribution is 0.00940. The van der Waals surface area contributed by atoms with Crippen LogP contribution in [0.25, 0.3) is 0 Å². The van der Waals surface area contributed by atoms with E-state index in [2.05, 4.69) is 10.2 Å². The Hall–Kier alpha value is -1.06. The van der Waals surface area contributed by atoms with Crippen molar-refractivity contribution in [3.8, 4) is 5.75 Å². The zero-order valence-electron chi connectivity index (χ0n) is 16.3. The lowest BCUT2D eigenvalue weighted by Crippen LogP contribution is -2.46. The molecule has 0 amide bonds. The minimum atomic E-state index is 0. The number of anilines is 1. The van der Waals surface area contributed by atoms with Gasteiger partial charge in [-0.2, -0.15) is 0 Å². The molecule has 0 unspecified atom stereocenters. The average Bonchev–Trinajstić information content (AvgIpc) is 2.69. The largest absolute Gasteiger partial charge is 0.497 e. The van der Waals surface area contributed by atoms with Gasteiger partial charge in [-0.25, -0.2) is 0 Å². The standard InChI is InChI=1S/C20H32N4O2.HI/c1-25-18-7-5-17(6-8-18)23-19(21)22-15-20(9-3-2-4-10-20)16-24-11-13-26-14-12-24;/h5-8H,2-4,9-16H2,1H3,(H3,21,22,23);1H. The van der Waals surface area contributed by atoms with Gasteiger partial charge >= 0.3 is 0 Å². The second kappa shape index (κ2) is 11.1. The third kappa shape index (κ3) is 6.80. The molecule has 0 spiro atoms. The van der Waals surface area contributed by atoms with Crippen molar-refractivity contribution in [1.82, 2.24) is 4.90 Å². The molecule has 3 rings (SSSR count). The molecular formula is C20H33IN4O2. The fourth-order valence-electron chi connectivity index (χ4n) is 4.02. The minimum Gasteiger partial charge on any atom is -0.497 e. The molecule has 1 saturated heterocycles. The third-order valence-corrected chi connectivity index (χ3v) is 5.52. The topological polar surface area (TPSA) is 72.1 Å². The van der Waals surface area contributed by atoms with Crippen molar-refractivity contribution in [2.75, 3.05) is 51.8 Å². The van der Waals surface area contributed by atoms with Gasteiger partial charge in [0.15, 0.2) is 5.96 Å². The Morgan fingerprint density at radius 3 is 2.48 bits per heavy atom. The molecule has 0 radical (unpaired) electrons. The summed E-state index contributed by atoms with van der Waals surface area (Å²) in [7, 11) is 1.66. The summed E-state index contributed by atoms with van der Waals surface area (Å²) in [6.45, 7) is 5.66. The summed E-state index contributed by atoms with van der Waals surface area (Å²) in [6.07, 6.45) is 6.42. The van der Waals surface area contributed by atoms with Crippen LogP contribution in [0.4, 0.5) is 5.69 Å². The van der Waals surface area contributed by atoms with Crippen molar-refractivity contribution < 1.29 is 9.47 Å². The monoisotopic (exact) mass is 488 g/mol. The lowest BCUT2D eigenvalue weighted by Gasteiger charge is -2.41. The first-order valence-corrected chi connectivity index (χ1v) is 9.70. The number of ether oxygens (including phenoxy) is 2. The van der Waals surface area contributed by atoms with Crippen molar-refractivity contribution in [3.63, 3.8) is 0 Å². The van der Waals surface area contributed by atoms with Crippen LogP contribution in [-0.2, 0) is 4.74 Å². The number of rotatable bonds is 6. The molecule has 1 aromatic carbocycles. The highest BCUT2D eigenvalue weighted by Crippen LogP contribution is 2.37. The summed E-state index contributed by atoms with van der Waals surface area (Å²) in [5.74, 6) is 1.32. The molecule has 7 heteroatoms. The SMILES string of the molecule is COc1ccc(NC(N)=NCC2(CN3CCOCC3)CCCCC2)cc1.I. The van der Waals surface area contributed by atoms with Gasteiger partial charge in [0.05, 0.1) is 20.3 Å². The Bertz CT molecular complexity index is 582. The predicted molar refractivity (Wildman–Crippen MR) is 121 cm³/mol. The number of nitrogens with zero attached hydrogens (tertiary/aromatic N) is 2. The van der Waals surface area contributed by atoms with Gasteiger partial charge in [0.1, 0.15) is 5.75 Å². The fraction of sp³-hybridized carbons (Fsp3) is 0.650. The summed E-state index contributed by atoms with van der Waals surface area (Å²) in [6, 6.07) is 7.73. The van der Waals surface area contributed by atoms with E-state index in [9.17, 15) is 0 Å². The summed E-state index contributed by atoms with van der Waals surface area (Å²) in [5.41, 5.74) is 7.34. The molecule has 2 aliphatic rings. The molecular weight excluding hydrogens is 455 g/mol. The van der Waals surface area contributed by atoms with Crippen LogP contribution in [0.15, 0.2) is 29.3 Å². The van der Waals surface area contributed by atoms with Crippen LogP contribution in [0.3, 0.4) is 0 Å². The molecule has 6 nitrogen and oxygen atoms in total. The molecule has 1 aromatic rings. The Labute approximate surface area is 179 Å². The van der Waals surface area contributed by atoms with E-state index in [0.29, 0.717) is 5.96 Å². The quantitative estimate of drug-likeness (QED) is 0.365. The van der Waals surface area contributed by atoms with Gasteiger partial charge < -0.3 is 20.5 Å². The lowest BCUT2D eigenvalue weighted by atomic mass is 9.73. The smallest absolute Gasteiger partial charge is 0.193 e. The molecule has 2 fully saturated rings. The number of morpholine rings is 1. The summed E-state index contributed by atoms with van der Waals surface area (Å²) in [5, 5.41) is 3.19. The van der Waals surface area contributed by atoms with Gasteiger partial charge in [-0.05, 0) is 37.1 Å². The Morgan fingerprint density at radius 1 is 1.19 bits per heavy atom. The first kappa shape index (κ1) is 22.2. The number of nitrogens with one attached hydrogen (secondary N) is 1. The van der Waals surface area contributed by atoms with Crippen LogP contribution >= 0.6 is 24.0 Å². The zero-order valence-corrected chi connectivity index (χ0v) is 18.6. The van der Waals surface area contributed by atoms with Gasteiger partial charge in [-0.1, -0.05) is 19.3 Å². The van der Waals surface area contributed by atoms with E-state index in [4.69, 9.17) is 20.2 Å². The van der Waals surface area contributed by atoms with Gasteiger partial charge in [-0.3, -0.25) is 9.89 Å². The molecule has 0 aromatic heterocycles. The maximum absolute atomic E-state index is 6.16. The van der Waals surface area contributed by atoms with E-state index >= 15 is 0 Å². The van der Waals surface area contributed by atoms with E-state index in [1.807, 2.05) is 24.3 Å². The van der Waals surface area contributed by atoms with Crippen LogP contribution < -0.4 is 15.8 Å². The van der Waals surface area contributed by atoms with Crippen molar-refractivity contribution >= 4 is 35.6 Å². The van der Waals surface area contributed by atoms with Crippen LogP contribution in [0, 0.1) is 5.41 Å². The second-order valence-corrected chi connectivity index (χ2v) is 7.50. The predicted octanol–water partition coefficient (Wildman–Crippen LogP) is 3.32. The van der Waals surface area contributed by atoms with E-state index in [0.717, 1.165) is 50.8 Å². The van der Waals surface area contributed by atoms with E-state index in [1.165, 1.54) is 32.1 Å². The third-order valence-electron chi connectivity index (χ3n) is 5.52. The molecule has 1 aliphatic carbocycles. The molecule has 152 valence electrons. The minimum absolute atomic E-state index is 0. The summed E-state index contributed by atoms with van der Waals surface area (Å²) < 4.78 is 10.7. The van der Waals surface area contributed by atoms with Crippen LogP contribution in [-0.4, -0.2) is 57.4 Å². The second-order valence-electron chi connectivity index (χ2n) is 7.50. The maximum atomic E-state index is 6.16. The molecule has 1 saturated carbocycles. The number of hydrogen-bond donors (Lipinski definition) is 2. The van der Waals surface area contributed by atoms with E-state index in [-0.39, 0.29) is 29.4 Å². The molecule has 1 aliphatic heterocycles. The summed E-state index contributed by atoms with van der Waals surface area (Å²) in [4.78, 5) is 7.26. The Kier molecular flexibility index (Phi) is 9.11. The average molecular weight is 488 g/mol. The normalized spacial score (nSPS) is 20.6. The first-order valence-electron chi connectivity index (χ1n) is 9.70. The first-order chi connectivity index (χ1) is 12.7.